The highest BCUT2D eigenvalue weighted by Crippen LogP contribution is 2.60. The number of aryl methyl sites for hydroxylation is 1. The van der Waals surface area contributed by atoms with Crippen molar-refractivity contribution in [1.29, 1.82) is 0 Å². The molecule has 0 spiro atoms. The van der Waals surface area contributed by atoms with Crippen molar-refractivity contribution in [3.05, 3.63) is 45.6 Å². The minimum absolute atomic E-state index is 0.0116. The third-order valence-corrected chi connectivity index (χ3v) is 10.5. The molecule has 218 valence electrons. The predicted octanol–water partition coefficient (Wildman–Crippen LogP) is 5.34. The molecule has 1 heterocycles. The van der Waals surface area contributed by atoms with Crippen LogP contribution in [0.5, 0.6) is 11.5 Å². The van der Waals surface area contributed by atoms with E-state index in [-0.39, 0.29) is 23.8 Å². The van der Waals surface area contributed by atoms with Gasteiger partial charge in [-0.3, -0.25) is 9.59 Å². The summed E-state index contributed by atoms with van der Waals surface area (Å²) in [5.41, 5.74) is 1.98. The van der Waals surface area contributed by atoms with Gasteiger partial charge < -0.3 is 24.0 Å². The number of methoxy groups -OCH3 is 3. The fourth-order valence-electron chi connectivity index (χ4n) is 7.76. The van der Waals surface area contributed by atoms with E-state index >= 15 is 0 Å². The topological polar surface area (TPSA) is 68.3 Å². The van der Waals surface area contributed by atoms with Crippen LogP contribution in [0.25, 0.3) is 0 Å². The van der Waals surface area contributed by atoms with Crippen LogP contribution in [-0.4, -0.2) is 69.2 Å². The summed E-state index contributed by atoms with van der Waals surface area (Å²) >= 11 is 1.67. The minimum atomic E-state index is -0.280. The van der Waals surface area contributed by atoms with Crippen LogP contribution in [-0.2, 0) is 27.3 Å². The molecule has 0 atom stereocenters. The summed E-state index contributed by atoms with van der Waals surface area (Å²) in [6.07, 6.45) is 7.51. The Hall–Kier alpha value is -2.58. The summed E-state index contributed by atoms with van der Waals surface area (Å²) in [7, 11) is 4.91. The molecule has 0 aliphatic heterocycles. The van der Waals surface area contributed by atoms with Gasteiger partial charge in [0.25, 0.3) is 0 Å². The highest BCUT2D eigenvalue weighted by Gasteiger charge is 2.55. The maximum absolute atomic E-state index is 14.2. The van der Waals surface area contributed by atoms with Gasteiger partial charge in [-0.15, -0.1) is 11.3 Å². The molecule has 8 heteroatoms. The molecule has 1 aromatic carbocycles. The molecular weight excluding hydrogens is 524 g/mol. The lowest BCUT2D eigenvalue weighted by molar-refractivity contribution is -0.161. The Bertz CT molecular complexity index is 1160. The normalized spacial score (nSPS) is 24.6. The Balaban J connectivity index is 1.33. The lowest BCUT2D eigenvalue weighted by Gasteiger charge is -2.56. The van der Waals surface area contributed by atoms with Gasteiger partial charge in [0, 0.05) is 25.1 Å². The second-order valence-electron chi connectivity index (χ2n) is 12.2. The van der Waals surface area contributed by atoms with Gasteiger partial charge in [-0.05, 0) is 104 Å². The number of ether oxygens (including phenoxy) is 3. The molecule has 40 heavy (non-hydrogen) atoms. The van der Waals surface area contributed by atoms with Gasteiger partial charge in [-0.1, -0.05) is 6.07 Å². The molecule has 6 rings (SSSR count). The second kappa shape index (κ2) is 12.5. The zero-order valence-corrected chi connectivity index (χ0v) is 25.3. The lowest BCUT2D eigenvalue weighted by atomic mass is 9.49. The Labute approximate surface area is 242 Å². The quantitative estimate of drug-likeness (QED) is 0.327. The Kier molecular flexibility index (Phi) is 9.05. The summed E-state index contributed by atoms with van der Waals surface area (Å²) < 4.78 is 16.3. The van der Waals surface area contributed by atoms with E-state index in [2.05, 4.69) is 18.4 Å². The molecule has 0 saturated heterocycles. The van der Waals surface area contributed by atoms with Crippen LogP contribution in [0.15, 0.2) is 29.6 Å². The molecule has 4 saturated carbocycles. The van der Waals surface area contributed by atoms with Crippen molar-refractivity contribution in [3.8, 4) is 11.5 Å². The zero-order chi connectivity index (χ0) is 28.3. The Morgan fingerprint density at radius 1 is 0.925 bits per heavy atom. The Morgan fingerprint density at radius 3 is 2.17 bits per heavy atom. The maximum atomic E-state index is 14.2. The van der Waals surface area contributed by atoms with Crippen molar-refractivity contribution in [2.24, 2.45) is 23.2 Å². The van der Waals surface area contributed by atoms with Crippen LogP contribution in [0.2, 0.25) is 0 Å². The standard InChI is InChI=1S/C32H44N2O5S/c1-22-8-12-40-29(22)20-33(9-7-23-5-6-27(38-3)28(16-23)39-4)30(35)21-34(10-11-37-2)31(36)32-17-24-13-25(18-32)15-26(14-24)19-32/h5-6,8,12,16,24-26H,7,9-11,13-15,17-21H2,1-4H3. The van der Waals surface area contributed by atoms with Gasteiger partial charge in [0.15, 0.2) is 11.5 Å². The number of hydrogen-bond acceptors (Lipinski definition) is 6. The van der Waals surface area contributed by atoms with E-state index < -0.39 is 0 Å². The van der Waals surface area contributed by atoms with Crippen LogP contribution < -0.4 is 9.47 Å². The average Bonchev–Trinajstić information content (AvgIpc) is 3.35. The number of thiophene rings is 1. The predicted molar refractivity (Wildman–Crippen MR) is 157 cm³/mol. The van der Waals surface area contributed by atoms with Crippen LogP contribution in [0.4, 0.5) is 0 Å². The third kappa shape index (κ3) is 6.18. The molecule has 2 amide bonds. The van der Waals surface area contributed by atoms with Crippen LogP contribution >= 0.6 is 11.3 Å². The smallest absolute Gasteiger partial charge is 0.242 e. The monoisotopic (exact) mass is 568 g/mol. The van der Waals surface area contributed by atoms with E-state index in [4.69, 9.17) is 14.2 Å². The molecule has 1 aromatic heterocycles. The van der Waals surface area contributed by atoms with Crippen molar-refractivity contribution in [1.82, 2.24) is 9.80 Å². The summed E-state index contributed by atoms with van der Waals surface area (Å²) in [4.78, 5) is 33.1. The van der Waals surface area contributed by atoms with Crippen molar-refractivity contribution in [3.63, 3.8) is 0 Å². The van der Waals surface area contributed by atoms with E-state index in [1.165, 1.54) is 29.7 Å². The average molecular weight is 569 g/mol. The van der Waals surface area contributed by atoms with Crippen molar-refractivity contribution >= 4 is 23.2 Å². The lowest BCUT2D eigenvalue weighted by Crippen LogP contribution is -2.56. The van der Waals surface area contributed by atoms with Gasteiger partial charge in [0.2, 0.25) is 11.8 Å². The summed E-state index contributed by atoms with van der Waals surface area (Å²) in [5, 5.41) is 2.07. The molecule has 4 bridgehead atoms. The van der Waals surface area contributed by atoms with Gasteiger partial charge in [0.1, 0.15) is 0 Å². The highest BCUT2D eigenvalue weighted by molar-refractivity contribution is 7.10. The van der Waals surface area contributed by atoms with Crippen molar-refractivity contribution in [2.75, 3.05) is 47.6 Å². The Morgan fingerprint density at radius 2 is 1.60 bits per heavy atom. The fourth-order valence-corrected chi connectivity index (χ4v) is 8.68. The number of benzene rings is 1. The van der Waals surface area contributed by atoms with Gasteiger partial charge in [-0.25, -0.2) is 0 Å². The summed E-state index contributed by atoms with van der Waals surface area (Å²) in [6.45, 7) is 4.16. The van der Waals surface area contributed by atoms with Crippen molar-refractivity contribution < 1.29 is 23.8 Å². The molecule has 0 radical (unpaired) electrons. The number of nitrogens with zero attached hydrogens (tertiary/aromatic N) is 2. The van der Waals surface area contributed by atoms with E-state index in [1.54, 1.807) is 32.7 Å². The first-order valence-electron chi connectivity index (χ1n) is 14.6. The molecule has 0 unspecified atom stereocenters. The number of rotatable bonds is 13. The van der Waals surface area contributed by atoms with E-state index in [1.807, 2.05) is 28.0 Å². The zero-order valence-electron chi connectivity index (χ0n) is 24.4. The first-order valence-corrected chi connectivity index (χ1v) is 15.5. The first kappa shape index (κ1) is 28.9. The molecule has 0 N–H and O–H groups in total. The molecule has 4 fully saturated rings. The highest BCUT2D eigenvalue weighted by atomic mass is 32.1. The summed E-state index contributed by atoms with van der Waals surface area (Å²) in [5.74, 6) is 3.57. The first-order chi connectivity index (χ1) is 19.3. The number of carbonyl (C=O) groups is 2. The van der Waals surface area contributed by atoms with Gasteiger partial charge in [-0.2, -0.15) is 0 Å². The molecule has 2 aromatic rings. The van der Waals surface area contributed by atoms with Crippen LogP contribution in [0.1, 0.15) is 54.5 Å². The number of carbonyl (C=O) groups excluding carboxylic acids is 2. The van der Waals surface area contributed by atoms with Gasteiger partial charge >= 0.3 is 0 Å². The second-order valence-corrected chi connectivity index (χ2v) is 13.2. The third-order valence-electron chi connectivity index (χ3n) is 9.44. The van der Waals surface area contributed by atoms with Crippen LogP contribution in [0.3, 0.4) is 0 Å². The van der Waals surface area contributed by atoms with Gasteiger partial charge in [0.05, 0.1) is 39.3 Å². The van der Waals surface area contributed by atoms with E-state index in [0.717, 1.165) is 24.8 Å². The van der Waals surface area contributed by atoms with Crippen LogP contribution in [0, 0.1) is 30.1 Å². The molecule has 7 nitrogen and oxygen atoms in total. The molecular formula is C32H44N2O5S. The van der Waals surface area contributed by atoms with E-state index in [9.17, 15) is 9.59 Å². The SMILES string of the molecule is COCCN(CC(=O)N(CCc1ccc(OC)c(OC)c1)Cc1sccc1C)C(=O)C12CC3CC(CC(C3)C1)C2. The summed E-state index contributed by atoms with van der Waals surface area (Å²) in [6, 6.07) is 7.99. The minimum Gasteiger partial charge on any atom is -0.493 e. The molecule has 4 aliphatic rings. The largest absolute Gasteiger partial charge is 0.493 e. The number of hydrogen-bond donors (Lipinski definition) is 0. The maximum Gasteiger partial charge on any atom is 0.242 e. The number of amides is 2. The van der Waals surface area contributed by atoms with Crippen molar-refractivity contribution in [2.45, 2.75) is 58.4 Å². The van der Waals surface area contributed by atoms with E-state index in [0.29, 0.717) is 61.9 Å². The molecule has 4 aliphatic carbocycles. The fraction of sp³-hybridized carbons (Fsp3) is 0.625.